The summed E-state index contributed by atoms with van der Waals surface area (Å²) < 4.78 is 51.3. The van der Waals surface area contributed by atoms with Crippen molar-refractivity contribution in [1.82, 2.24) is 0 Å². The third-order valence-electron chi connectivity index (χ3n) is 6.67. The van der Waals surface area contributed by atoms with Crippen molar-refractivity contribution in [2.45, 2.75) is 25.7 Å². The van der Waals surface area contributed by atoms with Crippen molar-refractivity contribution in [1.29, 1.82) is 0 Å². The standard InChI is InChI=1S/2C10H9FO2.2C9H9FO3/c1-2-3-7-6-8(11)4-5-9(7)10(12)13;1-2-3-7-6-8(10(12)13)4-5-9(7)11;10-7-1-2-8(9(12)13)6(5-7)3-4-11;10-8-2-1-7(9(12)13)5-6(8)3-4-11/h2*2,4-6H,1,3H2,(H,12,13);2*1-2,5,11H,3-4H2,(H,12,13). The Hall–Kier alpha value is -6.12. The fraction of sp³-hybridized carbons (Fsp3) is 0.158. The first kappa shape index (κ1) is 43.9. The predicted octanol–water partition coefficient (Wildman–Crippen LogP) is 6.62. The lowest BCUT2D eigenvalue weighted by atomic mass is 10.0. The van der Waals surface area contributed by atoms with Crippen molar-refractivity contribution in [2.75, 3.05) is 13.2 Å². The Morgan fingerprint density at radius 1 is 0.500 bits per heavy atom. The van der Waals surface area contributed by atoms with Gasteiger partial charge in [0.2, 0.25) is 0 Å². The van der Waals surface area contributed by atoms with E-state index in [0.29, 0.717) is 29.5 Å². The number of aliphatic hydroxyl groups excluding tert-OH is 2. The van der Waals surface area contributed by atoms with E-state index in [1.54, 1.807) is 6.08 Å². The zero-order chi connectivity index (χ0) is 39.4. The maximum Gasteiger partial charge on any atom is 0.335 e. The number of carbonyl (C=O) groups is 4. The number of halogens is 4. The van der Waals surface area contributed by atoms with Crippen molar-refractivity contribution in [2.24, 2.45) is 0 Å². The molecule has 0 amide bonds. The monoisotopic (exact) mass is 728 g/mol. The van der Waals surface area contributed by atoms with Gasteiger partial charge < -0.3 is 30.6 Å². The predicted molar refractivity (Wildman–Crippen MR) is 183 cm³/mol. The summed E-state index contributed by atoms with van der Waals surface area (Å²) in [4.78, 5) is 42.3. The van der Waals surface area contributed by atoms with Crippen LogP contribution >= 0.6 is 0 Å². The number of carboxylic acid groups (broad SMARTS) is 4. The van der Waals surface area contributed by atoms with E-state index in [9.17, 15) is 36.7 Å². The van der Waals surface area contributed by atoms with E-state index in [-0.39, 0.29) is 53.9 Å². The van der Waals surface area contributed by atoms with E-state index in [1.165, 1.54) is 48.5 Å². The first-order valence-electron chi connectivity index (χ1n) is 15.1. The summed E-state index contributed by atoms with van der Waals surface area (Å²) in [6, 6.07) is 14.2. The van der Waals surface area contributed by atoms with E-state index in [2.05, 4.69) is 13.2 Å². The zero-order valence-corrected chi connectivity index (χ0v) is 27.6. The number of rotatable bonds is 12. The molecule has 6 N–H and O–H groups in total. The Bertz CT molecular complexity index is 1880. The van der Waals surface area contributed by atoms with Crippen LogP contribution in [0.1, 0.15) is 63.7 Å². The number of aromatic carboxylic acids is 4. The van der Waals surface area contributed by atoms with Crippen LogP contribution in [0.4, 0.5) is 17.6 Å². The largest absolute Gasteiger partial charge is 0.478 e. The van der Waals surface area contributed by atoms with Gasteiger partial charge in [-0.25, -0.2) is 36.7 Å². The van der Waals surface area contributed by atoms with E-state index < -0.39 is 47.1 Å². The minimum atomic E-state index is -1.11. The molecule has 0 heterocycles. The lowest BCUT2D eigenvalue weighted by molar-refractivity contribution is 0.0684. The lowest BCUT2D eigenvalue weighted by Crippen LogP contribution is -2.04. The van der Waals surface area contributed by atoms with Crippen molar-refractivity contribution in [3.8, 4) is 0 Å². The molecule has 0 atom stereocenters. The van der Waals surface area contributed by atoms with Gasteiger partial charge in [0.25, 0.3) is 0 Å². The van der Waals surface area contributed by atoms with Crippen molar-refractivity contribution in [3.63, 3.8) is 0 Å². The molecule has 14 heteroatoms. The minimum Gasteiger partial charge on any atom is -0.478 e. The highest BCUT2D eigenvalue weighted by Gasteiger charge is 2.11. The summed E-state index contributed by atoms with van der Waals surface area (Å²) in [5.74, 6) is -6.11. The number of benzene rings is 4. The van der Waals surface area contributed by atoms with Gasteiger partial charge in [-0.05, 0) is 121 Å². The zero-order valence-electron chi connectivity index (χ0n) is 27.6. The van der Waals surface area contributed by atoms with Gasteiger partial charge in [0.05, 0.1) is 22.3 Å². The van der Waals surface area contributed by atoms with Crippen LogP contribution in [0.15, 0.2) is 98.1 Å². The number of allylic oxidation sites excluding steroid dienone is 2. The molecule has 4 rings (SSSR count). The third-order valence-corrected chi connectivity index (χ3v) is 6.67. The van der Waals surface area contributed by atoms with Crippen LogP contribution in [0.3, 0.4) is 0 Å². The molecule has 52 heavy (non-hydrogen) atoms. The highest BCUT2D eigenvalue weighted by molar-refractivity contribution is 5.90. The molecule has 0 aromatic heterocycles. The van der Waals surface area contributed by atoms with Gasteiger partial charge in [-0.3, -0.25) is 0 Å². The van der Waals surface area contributed by atoms with Gasteiger partial charge >= 0.3 is 23.9 Å². The molecule has 0 radical (unpaired) electrons. The summed E-state index contributed by atoms with van der Waals surface area (Å²) in [6.45, 7) is 6.54. The normalized spacial score (nSPS) is 9.81. The second-order valence-corrected chi connectivity index (χ2v) is 10.4. The van der Waals surface area contributed by atoms with Crippen LogP contribution in [-0.2, 0) is 25.7 Å². The molecule has 0 aliphatic rings. The number of carboxylic acids is 4. The number of hydrogen-bond donors (Lipinski definition) is 6. The van der Waals surface area contributed by atoms with Crippen LogP contribution < -0.4 is 0 Å². The lowest BCUT2D eigenvalue weighted by Gasteiger charge is -2.03. The Labute approximate surface area is 295 Å². The second-order valence-electron chi connectivity index (χ2n) is 10.4. The van der Waals surface area contributed by atoms with Gasteiger partial charge in [-0.15, -0.1) is 13.2 Å². The molecule has 0 saturated carbocycles. The highest BCUT2D eigenvalue weighted by Crippen LogP contribution is 2.14. The van der Waals surface area contributed by atoms with Gasteiger partial charge in [-0.1, -0.05) is 12.2 Å². The third kappa shape index (κ3) is 14.8. The summed E-state index contributed by atoms with van der Waals surface area (Å²) in [7, 11) is 0. The summed E-state index contributed by atoms with van der Waals surface area (Å²) in [6.07, 6.45) is 4.06. The smallest absolute Gasteiger partial charge is 0.335 e. The molecule has 0 saturated heterocycles. The van der Waals surface area contributed by atoms with E-state index in [1.807, 2.05) is 0 Å². The van der Waals surface area contributed by atoms with Crippen LogP contribution in [0.5, 0.6) is 0 Å². The maximum absolute atomic E-state index is 13.0. The SMILES string of the molecule is C=CCc1cc(C(=O)O)ccc1F.C=CCc1cc(F)ccc1C(=O)O.O=C(O)c1ccc(F)c(CCO)c1.O=C(O)c1ccc(F)cc1CCO. The summed E-state index contributed by atoms with van der Waals surface area (Å²) in [5, 5.41) is 51.8. The van der Waals surface area contributed by atoms with Crippen molar-refractivity contribution in [3.05, 3.63) is 166 Å². The molecular weight excluding hydrogens is 692 g/mol. The Balaban J connectivity index is 0.000000347. The molecular formula is C38H36F4O10. The Morgan fingerprint density at radius 2 is 0.885 bits per heavy atom. The topological polar surface area (TPSA) is 190 Å². The van der Waals surface area contributed by atoms with Crippen LogP contribution in [0.2, 0.25) is 0 Å². The molecule has 0 unspecified atom stereocenters. The van der Waals surface area contributed by atoms with E-state index in [0.717, 1.165) is 30.3 Å². The number of aliphatic hydroxyl groups is 2. The van der Waals surface area contributed by atoms with Crippen LogP contribution in [0, 0.1) is 23.3 Å². The minimum absolute atomic E-state index is 0.0323. The molecule has 4 aromatic rings. The first-order chi connectivity index (χ1) is 24.6. The quantitative estimate of drug-likeness (QED) is 0.0683. The average Bonchev–Trinajstić information content (AvgIpc) is 3.08. The molecule has 0 spiro atoms. The molecule has 4 aromatic carbocycles. The number of hydrogen-bond acceptors (Lipinski definition) is 6. The van der Waals surface area contributed by atoms with Crippen molar-refractivity contribution >= 4 is 23.9 Å². The fourth-order valence-corrected chi connectivity index (χ4v) is 4.23. The van der Waals surface area contributed by atoms with Crippen LogP contribution in [0.25, 0.3) is 0 Å². The molecule has 276 valence electrons. The fourth-order valence-electron chi connectivity index (χ4n) is 4.23. The van der Waals surface area contributed by atoms with Gasteiger partial charge in [0, 0.05) is 13.2 Å². The first-order valence-corrected chi connectivity index (χ1v) is 15.1. The highest BCUT2D eigenvalue weighted by atomic mass is 19.1. The van der Waals surface area contributed by atoms with E-state index >= 15 is 0 Å². The molecule has 0 aliphatic heterocycles. The van der Waals surface area contributed by atoms with Gasteiger partial charge in [0.1, 0.15) is 23.3 Å². The maximum atomic E-state index is 13.0. The van der Waals surface area contributed by atoms with Crippen molar-refractivity contribution < 1.29 is 67.4 Å². The van der Waals surface area contributed by atoms with Crippen LogP contribution in [-0.4, -0.2) is 67.7 Å². The van der Waals surface area contributed by atoms with Gasteiger partial charge in [-0.2, -0.15) is 0 Å². The van der Waals surface area contributed by atoms with Gasteiger partial charge in [0.15, 0.2) is 0 Å². The molecule has 0 fully saturated rings. The Morgan fingerprint density at radius 3 is 1.31 bits per heavy atom. The van der Waals surface area contributed by atoms with E-state index in [4.69, 9.17) is 30.6 Å². The summed E-state index contributed by atoms with van der Waals surface area (Å²) >= 11 is 0. The second kappa shape index (κ2) is 22.6. The molecule has 10 nitrogen and oxygen atoms in total. The Kier molecular flexibility index (Phi) is 19.1. The average molecular weight is 729 g/mol. The molecule has 0 bridgehead atoms. The molecule has 0 aliphatic carbocycles. The summed E-state index contributed by atoms with van der Waals surface area (Å²) in [5.41, 5.74) is 1.63.